The maximum atomic E-state index is 6.17. The summed E-state index contributed by atoms with van der Waals surface area (Å²) in [7, 11) is 0. The normalized spacial score (nSPS) is 23.7. The molecule has 0 amide bonds. The molecule has 2 aliphatic rings. The summed E-state index contributed by atoms with van der Waals surface area (Å²) in [4.78, 5) is 0. The van der Waals surface area contributed by atoms with E-state index in [9.17, 15) is 0 Å². The summed E-state index contributed by atoms with van der Waals surface area (Å²) in [5.74, 6) is 1.06. The fourth-order valence-electron chi connectivity index (χ4n) is 2.57. The monoisotopic (exact) mass is 231 g/mol. The molecule has 1 aromatic rings. The molecule has 1 aromatic carbocycles. The highest BCUT2D eigenvalue weighted by molar-refractivity contribution is 5.40. The Morgan fingerprint density at radius 3 is 2.71 bits per heavy atom. The van der Waals surface area contributed by atoms with Crippen LogP contribution in [-0.4, -0.2) is 11.1 Å². The molecule has 2 nitrogen and oxygen atoms in total. The third-order valence-corrected chi connectivity index (χ3v) is 3.96. The summed E-state index contributed by atoms with van der Waals surface area (Å²) < 4.78 is 5.99. The van der Waals surface area contributed by atoms with E-state index in [2.05, 4.69) is 32.0 Å². The second kappa shape index (κ2) is 3.49. The van der Waals surface area contributed by atoms with Crippen LogP contribution < -0.4 is 10.5 Å². The van der Waals surface area contributed by atoms with Crippen molar-refractivity contribution in [1.29, 1.82) is 0 Å². The molecule has 1 fully saturated rings. The zero-order valence-electron chi connectivity index (χ0n) is 10.8. The van der Waals surface area contributed by atoms with Gasteiger partial charge in [-0.2, -0.15) is 0 Å². The predicted octanol–water partition coefficient (Wildman–Crippen LogP) is 2.82. The lowest BCUT2D eigenvalue weighted by molar-refractivity contribution is 0.0846. The Bertz CT molecular complexity index is 446. The molecule has 2 N–H and O–H groups in total. The molecule has 1 aliphatic carbocycles. The van der Waals surface area contributed by atoms with Gasteiger partial charge < -0.3 is 10.5 Å². The van der Waals surface area contributed by atoms with Gasteiger partial charge in [-0.25, -0.2) is 0 Å². The number of ether oxygens (including phenoxy) is 1. The topological polar surface area (TPSA) is 35.2 Å². The van der Waals surface area contributed by atoms with Crippen LogP contribution in [0.1, 0.15) is 44.2 Å². The average molecular weight is 231 g/mol. The Morgan fingerprint density at radius 2 is 2.00 bits per heavy atom. The van der Waals surface area contributed by atoms with Crippen LogP contribution >= 0.6 is 0 Å². The van der Waals surface area contributed by atoms with E-state index < -0.39 is 0 Å². The van der Waals surface area contributed by atoms with E-state index in [1.54, 1.807) is 0 Å². The summed E-state index contributed by atoms with van der Waals surface area (Å²) in [6.45, 7) is 4.31. The molecule has 92 valence electrons. The van der Waals surface area contributed by atoms with Crippen molar-refractivity contribution in [2.24, 2.45) is 5.73 Å². The van der Waals surface area contributed by atoms with Crippen LogP contribution in [0.5, 0.6) is 5.75 Å². The Hall–Kier alpha value is -1.02. The van der Waals surface area contributed by atoms with Crippen molar-refractivity contribution >= 4 is 0 Å². The maximum Gasteiger partial charge on any atom is 0.123 e. The molecular weight excluding hydrogens is 210 g/mol. The zero-order chi connectivity index (χ0) is 12.1. The lowest BCUT2D eigenvalue weighted by Gasteiger charge is -2.32. The summed E-state index contributed by atoms with van der Waals surface area (Å²) in [6.07, 6.45) is 5.58. The van der Waals surface area contributed by atoms with Crippen LogP contribution in [0.4, 0.5) is 0 Å². The molecule has 1 saturated carbocycles. The van der Waals surface area contributed by atoms with E-state index in [1.807, 2.05) is 0 Å². The van der Waals surface area contributed by atoms with Gasteiger partial charge in [-0.3, -0.25) is 0 Å². The van der Waals surface area contributed by atoms with Crippen LogP contribution in [0, 0.1) is 0 Å². The van der Waals surface area contributed by atoms with Gasteiger partial charge in [0.25, 0.3) is 0 Å². The van der Waals surface area contributed by atoms with E-state index in [4.69, 9.17) is 10.5 Å². The number of rotatable bonds is 2. The van der Waals surface area contributed by atoms with Crippen LogP contribution in [-0.2, 0) is 12.8 Å². The van der Waals surface area contributed by atoms with Crippen molar-refractivity contribution in [3.63, 3.8) is 0 Å². The van der Waals surface area contributed by atoms with Crippen molar-refractivity contribution in [2.45, 2.75) is 57.1 Å². The largest absolute Gasteiger partial charge is 0.488 e. The highest BCUT2D eigenvalue weighted by Gasteiger charge is 2.38. The van der Waals surface area contributed by atoms with Crippen LogP contribution in [0.2, 0.25) is 0 Å². The van der Waals surface area contributed by atoms with E-state index >= 15 is 0 Å². The van der Waals surface area contributed by atoms with Gasteiger partial charge >= 0.3 is 0 Å². The first-order valence-corrected chi connectivity index (χ1v) is 6.56. The van der Waals surface area contributed by atoms with Crippen LogP contribution in [0.25, 0.3) is 0 Å². The average Bonchev–Trinajstić information content (AvgIpc) is 2.96. The molecule has 0 unspecified atom stereocenters. The van der Waals surface area contributed by atoms with Gasteiger partial charge in [-0.05, 0) is 63.1 Å². The quantitative estimate of drug-likeness (QED) is 0.849. The highest BCUT2D eigenvalue weighted by atomic mass is 16.5. The summed E-state index contributed by atoms with van der Waals surface area (Å²) in [6, 6.07) is 6.59. The van der Waals surface area contributed by atoms with Crippen LogP contribution in [0.15, 0.2) is 18.2 Å². The molecule has 0 atom stereocenters. The molecule has 0 bridgehead atoms. The molecule has 1 heterocycles. The Kier molecular flexibility index (Phi) is 2.27. The molecule has 1 aliphatic heterocycles. The SMILES string of the molecule is CC1(C)CCc2cc(CC3(N)CC3)ccc2O1. The number of benzene rings is 1. The van der Waals surface area contributed by atoms with Gasteiger partial charge in [0.05, 0.1) is 0 Å². The van der Waals surface area contributed by atoms with Gasteiger partial charge in [0, 0.05) is 5.54 Å². The first kappa shape index (κ1) is 11.1. The number of hydrogen-bond acceptors (Lipinski definition) is 2. The van der Waals surface area contributed by atoms with Crippen LogP contribution in [0.3, 0.4) is 0 Å². The van der Waals surface area contributed by atoms with Gasteiger partial charge in [-0.1, -0.05) is 12.1 Å². The number of hydrogen-bond donors (Lipinski definition) is 1. The third-order valence-electron chi connectivity index (χ3n) is 3.96. The second-order valence-electron chi connectivity index (χ2n) is 6.34. The standard InChI is InChI=1S/C15H21NO/c1-14(2)6-5-12-9-11(3-4-13(12)17-14)10-15(16)7-8-15/h3-4,9H,5-8,10,16H2,1-2H3. The number of nitrogens with two attached hydrogens (primary N) is 1. The Labute approximate surface area is 103 Å². The molecule has 0 saturated heterocycles. The van der Waals surface area contributed by atoms with Gasteiger partial charge in [0.1, 0.15) is 11.4 Å². The van der Waals surface area contributed by atoms with E-state index in [1.165, 1.54) is 24.0 Å². The highest BCUT2D eigenvalue weighted by Crippen LogP contribution is 2.38. The Balaban J connectivity index is 1.82. The zero-order valence-corrected chi connectivity index (χ0v) is 10.8. The van der Waals surface area contributed by atoms with Gasteiger partial charge in [0.2, 0.25) is 0 Å². The predicted molar refractivity (Wildman–Crippen MR) is 69.3 cm³/mol. The first-order chi connectivity index (χ1) is 7.96. The summed E-state index contributed by atoms with van der Waals surface area (Å²) in [5, 5.41) is 0. The van der Waals surface area contributed by atoms with E-state index in [0.717, 1.165) is 25.0 Å². The minimum atomic E-state index is -0.0138. The molecule has 0 spiro atoms. The van der Waals surface area contributed by atoms with Crippen molar-refractivity contribution in [2.75, 3.05) is 0 Å². The van der Waals surface area contributed by atoms with Crippen molar-refractivity contribution in [3.05, 3.63) is 29.3 Å². The lowest BCUT2D eigenvalue weighted by atomic mass is 9.92. The third kappa shape index (κ3) is 2.32. The minimum absolute atomic E-state index is 0.0138. The van der Waals surface area contributed by atoms with Gasteiger partial charge in [0.15, 0.2) is 0 Å². The molecule has 17 heavy (non-hydrogen) atoms. The van der Waals surface area contributed by atoms with E-state index in [0.29, 0.717) is 0 Å². The molecule has 0 aromatic heterocycles. The fraction of sp³-hybridized carbons (Fsp3) is 0.600. The Morgan fingerprint density at radius 1 is 1.24 bits per heavy atom. The van der Waals surface area contributed by atoms with Gasteiger partial charge in [-0.15, -0.1) is 0 Å². The molecule has 0 radical (unpaired) electrons. The summed E-state index contributed by atoms with van der Waals surface area (Å²) >= 11 is 0. The fourth-order valence-corrected chi connectivity index (χ4v) is 2.57. The van der Waals surface area contributed by atoms with Crippen molar-refractivity contribution < 1.29 is 4.74 Å². The van der Waals surface area contributed by atoms with Crippen molar-refractivity contribution in [1.82, 2.24) is 0 Å². The number of aryl methyl sites for hydroxylation is 1. The molecule has 3 rings (SSSR count). The maximum absolute atomic E-state index is 6.17. The molecular formula is C15H21NO. The smallest absolute Gasteiger partial charge is 0.123 e. The lowest BCUT2D eigenvalue weighted by Crippen LogP contribution is -2.32. The number of fused-ring (bicyclic) bond motifs is 1. The molecule has 2 heteroatoms. The van der Waals surface area contributed by atoms with Crippen molar-refractivity contribution in [3.8, 4) is 5.75 Å². The minimum Gasteiger partial charge on any atom is -0.488 e. The van der Waals surface area contributed by atoms with E-state index in [-0.39, 0.29) is 11.1 Å². The summed E-state index contributed by atoms with van der Waals surface area (Å²) in [5.41, 5.74) is 8.97. The first-order valence-electron chi connectivity index (χ1n) is 6.56. The second-order valence-corrected chi connectivity index (χ2v) is 6.34.